The van der Waals surface area contributed by atoms with E-state index < -0.39 is 0 Å². The molecule has 5 heteroatoms. The Morgan fingerprint density at radius 2 is 2.29 bits per heavy atom. The fourth-order valence-electron chi connectivity index (χ4n) is 1.46. The summed E-state index contributed by atoms with van der Waals surface area (Å²) in [5.41, 5.74) is 13.2. The van der Waals surface area contributed by atoms with Crippen molar-refractivity contribution < 1.29 is 0 Å². The van der Waals surface area contributed by atoms with Crippen LogP contribution in [0.1, 0.15) is 18.8 Å². The summed E-state index contributed by atoms with van der Waals surface area (Å²) in [6, 6.07) is 3.60. The van der Waals surface area contributed by atoms with E-state index in [1.807, 2.05) is 29.7 Å². The Morgan fingerprint density at radius 1 is 1.57 bits per heavy atom. The lowest BCUT2D eigenvalue weighted by atomic mass is 10.3. The molecular weight excluding hydrogens is 244 g/mol. The smallest absolute Gasteiger partial charge is 0.134 e. The molecule has 74 valence electrons. The predicted octanol–water partition coefficient (Wildman–Crippen LogP) is 1.70. The van der Waals surface area contributed by atoms with Crippen LogP contribution in [0, 0.1) is 0 Å². The van der Waals surface area contributed by atoms with E-state index in [2.05, 4.69) is 20.9 Å². The second-order valence-electron chi connectivity index (χ2n) is 3.23. The van der Waals surface area contributed by atoms with Gasteiger partial charge in [-0.3, -0.25) is 4.40 Å². The molecule has 2 aromatic heterocycles. The minimum atomic E-state index is -0.115. The first kappa shape index (κ1) is 9.48. The zero-order valence-corrected chi connectivity index (χ0v) is 9.32. The van der Waals surface area contributed by atoms with Crippen LogP contribution >= 0.6 is 15.9 Å². The third-order valence-electron chi connectivity index (χ3n) is 2.09. The molecule has 14 heavy (non-hydrogen) atoms. The van der Waals surface area contributed by atoms with Gasteiger partial charge in [0.25, 0.3) is 0 Å². The molecule has 1 atom stereocenters. The van der Waals surface area contributed by atoms with Crippen molar-refractivity contribution >= 4 is 27.1 Å². The van der Waals surface area contributed by atoms with Gasteiger partial charge in [0.15, 0.2) is 0 Å². The maximum absolute atomic E-state index is 5.84. The highest BCUT2D eigenvalue weighted by atomic mass is 79.9. The van der Waals surface area contributed by atoms with Crippen LogP contribution in [0.3, 0.4) is 0 Å². The van der Waals surface area contributed by atoms with Crippen LogP contribution in [-0.2, 0) is 0 Å². The van der Waals surface area contributed by atoms with Gasteiger partial charge in [-0.2, -0.15) is 0 Å². The monoisotopic (exact) mass is 254 g/mol. The van der Waals surface area contributed by atoms with Gasteiger partial charge in [-0.05, 0) is 35.0 Å². The van der Waals surface area contributed by atoms with Gasteiger partial charge >= 0.3 is 0 Å². The molecule has 0 saturated carbocycles. The highest BCUT2D eigenvalue weighted by Crippen LogP contribution is 2.25. The Bertz CT molecular complexity index is 475. The van der Waals surface area contributed by atoms with Gasteiger partial charge in [0, 0.05) is 6.20 Å². The standard InChI is InChI=1S/C9H11BrN4/c1-5(11)9-13-8(10)7-6(12)3-2-4-14(7)9/h2-5H,11-12H2,1H3. The second kappa shape index (κ2) is 3.25. The SMILES string of the molecule is CC(N)c1nc(Br)c2c(N)cccn12. The Kier molecular flexibility index (Phi) is 2.20. The van der Waals surface area contributed by atoms with Crippen molar-refractivity contribution in [3.05, 3.63) is 28.8 Å². The molecule has 2 rings (SSSR count). The summed E-state index contributed by atoms with van der Waals surface area (Å²) in [4.78, 5) is 4.32. The number of nitrogens with zero attached hydrogens (tertiary/aromatic N) is 2. The first-order chi connectivity index (χ1) is 6.61. The van der Waals surface area contributed by atoms with E-state index in [-0.39, 0.29) is 6.04 Å². The number of nitrogens with two attached hydrogens (primary N) is 2. The van der Waals surface area contributed by atoms with E-state index in [0.29, 0.717) is 5.69 Å². The van der Waals surface area contributed by atoms with Crippen molar-refractivity contribution in [2.24, 2.45) is 5.73 Å². The fourth-order valence-corrected chi connectivity index (χ4v) is 2.06. The minimum Gasteiger partial charge on any atom is -0.397 e. The lowest BCUT2D eigenvalue weighted by Crippen LogP contribution is -2.09. The van der Waals surface area contributed by atoms with Gasteiger partial charge in [-0.1, -0.05) is 0 Å². The molecule has 0 radical (unpaired) electrons. The summed E-state index contributed by atoms with van der Waals surface area (Å²) in [7, 11) is 0. The summed E-state index contributed by atoms with van der Waals surface area (Å²) < 4.78 is 2.65. The van der Waals surface area contributed by atoms with Crippen LogP contribution in [0.4, 0.5) is 5.69 Å². The van der Waals surface area contributed by atoms with Gasteiger partial charge in [0.05, 0.1) is 11.7 Å². The zero-order chi connectivity index (χ0) is 10.3. The number of anilines is 1. The molecule has 0 aliphatic heterocycles. The third kappa shape index (κ3) is 1.29. The lowest BCUT2D eigenvalue weighted by Gasteiger charge is -2.04. The Balaban J connectivity index is 2.84. The van der Waals surface area contributed by atoms with Crippen LogP contribution in [0.15, 0.2) is 22.9 Å². The number of pyridine rings is 1. The topological polar surface area (TPSA) is 69.3 Å². The summed E-state index contributed by atoms with van der Waals surface area (Å²) in [6.07, 6.45) is 1.90. The molecule has 0 saturated heterocycles. The average Bonchev–Trinajstić information content (AvgIpc) is 2.45. The zero-order valence-electron chi connectivity index (χ0n) is 7.74. The second-order valence-corrected chi connectivity index (χ2v) is 3.98. The molecule has 2 aromatic rings. The van der Waals surface area contributed by atoms with Crippen molar-refractivity contribution in [2.75, 3.05) is 5.73 Å². The number of imidazole rings is 1. The molecule has 0 fully saturated rings. The van der Waals surface area contributed by atoms with E-state index in [1.165, 1.54) is 0 Å². The van der Waals surface area contributed by atoms with Gasteiger partial charge in [0.1, 0.15) is 15.9 Å². The Morgan fingerprint density at radius 3 is 2.93 bits per heavy atom. The molecule has 0 bridgehead atoms. The largest absolute Gasteiger partial charge is 0.397 e. The molecule has 0 aromatic carbocycles. The number of nitrogen functional groups attached to an aromatic ring is 1. The van der Waals surface area contributed by atoms with E-state index in [1.54, 1.807) is 0 Å². The third-order valence-corrected chi connectivity index (χ3v) is 2.64. The van der Waals surface area contributed by atoms with Gasteiger partial charge in [-0.25, -0.2) is 4.98 Å². The van der Waals surface area contributed by atoms with Gasteiger partial charge < -0.3 is 11.5 Å². The number of rotatable bonds is 1. The fraction of sp³-hybridized carbons (Fsp3) is 0.222. The number of hydrogen-bond acceptors (Lipinski definition) is 3. The summed E-state index contributed by atoms with van der Waals surface area (Å²) >= 11 is 3.37. The van der Waals surface area contributed by atoms with E-state index in [0.717, 1.165) is 15.9 Å². The van der Waals surface area contributed by atoms with Crippen LogP contribution in [0.2, 0.25) is 0 Å². The molecule has 1 unspecified atom stereocenters. The minimum absolute atomic E-state index is 0.115. The lowest BCUT2D eigenvalue weighted by molar-refractivity contribution is 0.735. The highest BCUT2D eigenvalue weighted by Gasteiger charge is 2.13. The molecule has 0 aliphatic carbocycles. The van der Waals surface area contributed by atoms with Crippen LogP contribution in [0.5, 0.6) is 0 Å². The molecule has 4 N–H and O–H groups in total. The van der Waals surface area contributed by atoms with Crippen LogP contribution in [-0.4, -0.2) is 9.38 Å². The first-order valence-electron chi connectivity index (χ1n) is 4.28. The number of fused-ring (bicyclic) bond motifs is 1. The van der Waals surface area contributed by atoms with Crippen molar-refractivity contribution in [1.29, 1.82) is 0 Å². The quantitative estimate of drug-likeness (QED) is 0.814. The molecule has 0 aliphatic rings. The molecule has 0 spiro atoms. The van der Waals surface area contributed by atoms with Crippen molar-refractivity contribution in [1.82, 2.24) is 9.38 Å². The van der Waals surface area contributed by atoms with E-state index >= 15 is 0 Å². The maximum atomic E-state index is 5.84. The number of hydrogen-bond donors (Lipinski definition) is 2. The Labute approximate surface area is 90.0 Å². The summed E-state index contributed by atoms with van der Waals surface area (Å²) in [5.74, 6) is 0.805. The summed E-state index contributed by atoms with van der Waals surface area (Å²) in [6.45, 7) is 1.89. The highest BCUT2D eigenvalue weighted by molar-refractivity contribution is 9.10. The average molecular weight is 255 g/mol. The van der Waals surface area contributed by atoms with Crippen molar-refractivity contribution in [3.8, 4) is 0 Å². The van der Waals surface area contributed by atoms with Gasteiger partial charge in [0.2, 0.25) is 0 Å². The predicted molar refractivity (Wildman–Crippen MR) is 59.9 cm³/mol. The van der Waals surface area contributed by atoms with E-state index in [9.17, 15) is 0 Å². The van der Waals surface area contributed by atoms with Crippen LogP contribution in [0.25, 0.3) is 5.52 Å². The normalized spacial score (nSPS) is 13.4. The molecule has 2 heterocycles. The molecule has 0 amide bonds. The number of aromatic nitrogens is 2. The van der Waals surface area contributed by atoms with Crippen molar-refractivity contribution in [3.63, 3.8) is 0 Å². The number of halogens is 1. The first-order valence-corrected chi connectivity index (χ1v) is 5.08. The van der Waals surface area contributed by atoms with Crippen LogP contribution < -0.4 is 11.5 Å². The van der Waals surface area contributed by atoms with E-state index in [4.69, 9.17) is 11.5 Å². The van der Waals surface area contributed by atoms with Gasteiger partial charge in [-0.15, -0.1) is 0 Å². The molecular formula is C9H11BrN4. The summed E-state index contributed by atoms with van der Waals surface area (Å²) in [5, 5.41) is 0. The molecule has 4 nitrogen and oxygen atoms in total. The Hall–Kier alpha value is -1.07. The maximum Gasteiger partial charge on any atom is 0.134 e. The van der Waals surface area contributed by atoms with Crippen molar-refractivity contribution in [2.45, 2.75) is 13.0 Å².